The van der Waals surface area contributed by atoms with Crippen LogP contribution < -0.4 is 0 Å². The van der Waals surface area contributed by atoms with Crippen LogP contribution >= 0.6 is 11.6 Å². The summed E-state index contributed by atoms with van der Waals surface area (Å²) in [4.78, 5) is 30.9. The van der Waals surface area contributed by atoms with Gasteiger partial charge in [0.15, 0.2) is 0 Å². The Morgan fingerprint density at radius 1 is 1.19 bits per heavy atom. The van der Waals surface area contributed by atoms with E-state index in [0.29, 0.717) is 12.1 Å². The minimum atomic E-state index is -1.53. The number of benzene rings is 1. The molecule has 0 spiro atoms. The van der Waals surface area contributed by atoms with Crippen LogP contribution in [-0.2, 0) is 0 Å². The van der Waals surface area contributed by atoms with Gasteiger partial charge >= 0.3 is 11.9 Å². The van der Waals surface area contributed by atoms with Gasteiger partial charge in [-0.1, -0.05) is 11.6 Å². The molecule has 84 valence electrons. The van der Waals surface area contributed by atoms with Crippen LogP contribution in [-0.4, -0.2) is 27.1 Å². The van der Waals surface area contributed by atoms with Crippen LogP contribution in [0.1, 0.15) is 20.7 Å². The predicted molar refractivity (Wildman–Crippen MR) is 52.0 cm³/mol. The fourth-order valence-corrected chi connectivity index (χ4v) is 1.30. The number of non-ortho nitro benzene ring substituents is 1. The molecule has 0 aliphatic carbocycles. The van der Waals surface area contributed by atoms with Crippen molar-refractivity contribution in [3.63, 3.8) is 0 Å². The monoisotopic (exact) mass is 245 g/mol. The minimum absolute atomic E-state index is 0.536. The number of hydrogen-bond acceptors (Lipinski definition) is 4. The van der Waals surface area contributed by atoms with E-state index in [-0.39, 0.29) is 0 Å². The third-order valence-corrected chi connectivity index (χ3v) is 2.14. The Hall–Kier alpha value is -2.15. The molecule has 0 aromatic heterocycles. The summed E-state index contributed by atoms with van der Waals surface area (Å²) in [5, 5.41) is 27.3. The first-order valence-corrected chi connectivity index (χ1v) is 4.17. The highest BCUT2D eigenvalue weighted by Crippen LogP contribution is 2.27. The Bertz CT molecular complexity index is 462. The van der Waals surface area contributed by atoms with Crippen LogP contribution in [0.4, 0.5) is 5.69 Å². The van der Waals surface area contributed by atoms with E-state index in [1.165, 1.54) is 0 Å². The number of carboxylic acid groups (broad SMARTS) is 2. The van der Waals surface area contributed by atoms with Gasteiger partial charge < -0.3 is 10.2 Å². The van der Waals surface area contributed by atoms with Gasteiger partial charge in [-0.05, 0) is 0 Å². The molecule has 8 heteroatoms. The summed E-state index contributed by atoms with van der Waals surface area (Å²) >= 11 is 5.49. The largest absolute Gasteiger partial charge is 0.478 e. The number of rotatable bonds is 3. The van der Waals surface area contributed by atoms with Crippen molar-refractivity contribution in [3.05, 3.63) is 38.4 Å². The molecule has 16 heavy (non-hydrogen) atoms. The summed E-state index contributed by atoms with van der Waals surface area (Å²) in [5.74, 6) is -3.06. The van der Waals surface area contributed by atoms with Crippen molar-refractivity contribution < 1.29 is 24.7 Å². The van der Waals surface area contributed by atoms with E-state index in [9.17, 15) is 19.7 Å². The number of halogens is 1. The van der Waals surface area contributed by atoms with E-state index >= 15 is 0 Å². The topological polar surface area (TPSA) is 118 Å². The second kappa shape index (κ2) is 4.15. The normalized spacial score (nSPS) is 9.81. The van der Waals surface area contributed by atoms with Crippen LogP contribution in [0.15, 0.2) is 12.1 Å². The Balaban J connectivity index is 3.57. The molecule has 0 unspecified atom stereocenters. The third kappa shape index (κ3) is 2.09. The van der Waals surface area contributed by atoms with Crippen LogP contribution in [0.3, 0.4) is 0 Å². The molecule has 2 N–H and O–H groups in total. The molecule has 0 fully saturated rings. The summed E-state index contributed by atoms with van der Waals surface area (Å²) in [5.41, 5.74) is -1.87. The van der Waals surface area contributed by atoms with Crippen molar-refractivity contribution in [2.45, 2.75) is 0 Å². The van der Waals surface area contributed by atoms with Gasteiger partial charge in [0.25, 0.3) is 5.69 Å². The summed E-state index contributed by atoms with van der Waals surface area (Å²) in [6, 6.07) is 1.41. The highest BCUT2D eigenvalue weighted by molar-refractivity contribution is 6.36. The molecular formula is C8H4ClNO6. The lowest BCUT2D eigenvalue weighted by atomic mass is 10.1. The maximum Gasteiger partial charge on any atom is 0.337 e. The van der Waals surface area contributed by atoms with E-state index < -0.39 is 38.7 Å². The van der Waals surface area contributed by atoms with Crippen molar-refractivity contribution in [2.24, 2.45) is 0 Å². The van der Waals surface area contributed by atoms with Crippen LogP contribution in [0.2, 0.25) is 5.02 Å². The Morgan fingerprint density at radius 2 is 1.56 bits per heavy atom. The predicted octanol–water partition coefficient (Wildman–Crippen LogP) is 1.64. The van der Waals surface area contributed by atoms with Crippen molar-refractivity contribution >= 4 is 29.2 Å². The van der Waals surface area contributed by atoms with Crippen molar-refractivity contribution in [1.29, 1.82) is 0 Å². The number of nitro groups is 1. The zero-order chi connectivity index (χ0) is 12.5. The lowest BCUT2D eigenvalue weighted by Crippen LogP contribution is -2.06. The molecule has 0 amide bonds. The van der Waals surface area contributed by atoms with E-state index in [1.807, 2.05) is 0 Å². The average molecular weight is 246 g/mol. The zero-order valence-corrected chi connectivity index (χ0v) is 8.26. The number of carbonyl (C=O) groups is 2. The first-order chi connectivity index (χ1) is 7.34. The molecule has 0 saturated heterocycles. The van der Waals surface area contributed by atoms with Gasteiger partial charge in [0.05, 0.1) is 21.1 Å². The fraction of sp³-hybridized carbons (Fsp3) is 0. The van der Waals surface area contributed by atoms with Crippen LogP contribution in [0, 0.1) is 10.1 Å². The molecule has 7 nitrogen and oxygen atoms in total. The molecule has 0 saturated carbocycles. The van der Waals surface area contributed by atoms with Gasteiger partial charge in [0, 0.05) is 12.1 Å². The lowest BCUT2D eigenvalue weighted by Gasteiger charge is -2.02. The molecule has 1 aromatic carbocycles. The molecule has 0 aliphatic rings. The van der Waals surface area contributed by atoms with Crippen molar-refractivity contribution in [1.82, 2.24) is 0 Å². The van der Waals surface area contributed by atoms with Gasteiger partial charge in [-0.15, -0.1) is 0 Å². The van der Waals surface area contributed by atoms with Gasteiger partial charge in [-0.2, -0.15) is 0 Å². The highest BCUT2D eigenvalue weighted by Gasteiger charge is 2.22. The van der Waals surface area contributed by atoms with Crippen LogP contribution in [0.5, 0.6) is 0 Å². The quantitative estimate of drug-likeness (QED) is 0.617. The first-order valence-electron chi connectivity index (χ1n) is 3.79. The molecule has 0 heterocycles. The first kappa shape index (κ1) is 11.9. The minimum Gasteiger partial charge on any atom is -0.478 e. The smallest absolute Gasteiger partial charge is 0.337 e. The number of nitro benzene ring substituents is 1. The third-order valence-electron chi connectivity index (χ3n) is 1.73. The SMILES string of the molecule is O=C(O)c1cc([N+](=O)[O-])cc(C(=O)O)c1Cl. The molecule has 1 aromatic rings. The standard InChI is InChI=1S/C8H4ClNO6/c9-6-4(7(11)12)1-3(10(15)16)2-5(6)8(13)14/h1-2H,(H,11,12)(H,13,14). The van der Waals surface area contributed by atoms with E-state index in [1.54, 1.807) is 0 Å². The van der Waals surface area contributed by atoms with Gasteiger partial charge in [0.1, 0.15) is 0 Å². The molecule has 0 radical (unpaired) electrons. The van der Waals surface area contributed by atoms with E-state index in [2.05, 4.69) is 0 Å². The number of hydrogen-bond donors (Lipinski definition) is 2. The second-order valence-electron chi connectivity index (χ2n) is 2.72. The molecule has 0 atom stereocenters. The summed E-state index contributed by atoms with van der Waals surface area (Å²) < 4.78 is 0. The fourth-order valence-electron chi connectivity index (χ4n) is 1.03. The molecule has 0 bridgehead atoms. The highest BCUT2D eigenvalue weighted by atomic mass is 35.5. The second-order valence-corrected chi connectivity index (χ2v) is 3.10. The Morgan fingerprint density at radius 3 is 1.81 bits per heavy atom. The maximum absolute atomic E-state index is 10.7. The summed E-state index contributed by atoms with van der Waals surface area (Å²) in [6.45, 7) is 0. The lowest BCUT2D eigenvalue weighted by molar-refractivity contribution is -0.384. The number of aromatic carboxylic acids is 2. The summed E-state index contributed by atoms with van der Waals surface area (Å²) in [6.07, 6.45) is 0. The van der Waals surface area contributed by atoms with Gasteiger partial charge in [-0.25, -0.2) is 9.59 Å². The zero-order valence-electron chi connectivity index (χ0n) is 7.51. The summed E-state index contributed by atoms with van der Waals surface area (Å²) in [7, 11) is 0. The Labute approximate surface area is 93.0 Å². The average Bonchev–Trinajstić information content (AvgIpc) is 2.16. The van der Waals surface area contributed by atoms with Gasteiger partial charge in [-0.3, -0.25) is 10.1 Å². The van der Waals surface area contributed by atoms with Gasteiger partial charge in [0.2, 0.25) is 0 Å². The van der Waals surface area contributed by atoms with Crippen molar-refractivity contribution in [2.75, 3.05) is 0 Å². The Kier molecular flexibility index (Phi) is 3.09. The molecular weight excluding hydrogens is 242 g/mol. The maximum atomic E-state index is 10.7. The number of carboxylic acids is 2. The van der Waals surface area contributed by atoms with E-state index in [0.717, 1.165) is 0 Å². The van der Waals surface area contributed by atoms with Crippen LogP contribution in [0.25, 0.3) is 0 Å². The molecule has 1 rings (SSSR count). The number of nitrogens with zero attached hydrogens (tertiary/aromatic N) is 1. The van der Waals surface area contributed by atoms with Crippen molar-refractivity contribution in [3.8, 4) is 0 Å². The molecule has 0 aliphatic heterocycles. The van der Waals surface area contributed by atoms with E-state index in [4.69, 9.17) is 21.8 Å².